The fraction of sp³-hybridized carbons (Fsp3) is 0.356. The van der Waals surface area contributed by atoms with Crippen LogP contribution < -0.4 is 15.6 Å². The topological polar surface area (TPSA) is 159 Å². The maximum atomic E-state index is 13.0. The summed E-state index contributed by atoms with van der Waals surface area (Å²) >= 11 is 0. The number of aromatic amines is 1. The van der Waals surface area contributed by atoms with Gasteiger partial charge in [0.1, 0.15) is 18.1 Å². The van der Waals surface area contributed by atoms with Crippen molar-refractivity contribution in [2.75, 3.05) is 46.3 Å². The zero-order valence-electron chi connectivity index (χ0n) is 32.2. The summed E-state index contributed by atoms with van der Waals surface area (Å²) in [6, 6.07) is 30.9. The standard InChI is InChI=1S/C45H51N5O7/c1-48(22-6-21-46-27-40(52)36-15-17-39(51)43-37(36)16-18-41(53)47-43)42(54)25-30-11-13-31(14-12-30)29-57-35-10-5-9-34(26-35)44(33-7-3-2-4-8-33)50(45(55)56)38-28-49-23-19-32(38)20-24-49/h2-5,7-18,26,32,38,40,44,46,51-52H,6,19-25,27-29H2,1H3,(H,47,53)(H,55,56)/t38?,40?,44-/m0/s1. The zero-order valence-corrected chi connectivity index (χ0v) is 32.2. The van der Waals surface area contributed by atoms with Gasteiger partial charge in [-0.3, -0.25) is 14.5 Å². The highest BCUT2D eigenvalue weighted by atomic mass is 16.5. The number of phenols is 1. The summed E-state index contributed by atoms with van der Waals surface area (Å²) in [5.41, 5.74) is 4.20. The van der Waals surface area contributed by atoms with Gasteiger partial charge in [-0.15, -0.1) is 0 Å². The smallest absolute Gasteiger partial charge is 0.408 e. The Bertz CT molecular complexity index is 2200. The zero-order chi connectivity index (χ0) is 39.9. The van der Waals surface area contributed by atoms with E-state index in [9.17, 15) is 29.7 Å². The Kier molecular flexibility index (Phi) is 12.5. The lowest BCUT2D eigenvalue weighted by molar-refractivity contribution is -0.129. The molecule has 4 heterocycles. The molecule has 2 amide bonds. The second-order valence-electron chi connectivity index (χ2n) is 15.2. The van der Waals surface area contributed by atoms with E-state index < -0.39 is 18.2 Å². The molecule has 3 fully saturated rings. The number of nitrogens with one attached hydrogen (secondary N) is 2. The van der Waals surface area contributed by atoms with Gasteiger partial charge in [-0.2, -0.15) is 0 Å². The Morgan fingerprint density at radius 1 is 0.930 bits per heavy atom. The monoisotopic (exact) mass is 773 g/mol. The van der Waals surface area contributed by atoms with E-state index in [0.29, 0.717) is 54.3 Å². The molecule has 5 aromatic rings. The molecule has 12 heteroatoms. The first-order valence-corrected chi connectivity index (χ1v) is 19.7. The molecule has 57 heavy (non-hydrogen) atoms. The molecule has 1 aromatic heterocycles. The first kappa shape index (κ1) is 39.5. The Hall–Kier alpha value is -5.69. The van der Waals surface area contributed by atoms with Crippen LogP contribution in [0.1, 0.15) is 59.2 Å². The van der Waals surface area contributed by atoms with Crippen molar-refractivity contribution in [1.29, 1.82) is 0 Å². The summed E-state index contributed by atoms with van der Waals surface area (Å²) in [6.07, 6.45) is 1.23. The molecule has 0 radical (unpaired) electrons. The first-order chi connectivity index (χ1) is 27.6. The molecular formula is C45H51N5O7. The Morgan fingerprint density at radius 3 is 2.39 bits per heavy atom. The highest BCUT2D eigenvalue weighted by Gasteiger charge is 2.43. The summed E-state index contributed by atoms with van der Waals surface area (Å²) in [4.78, 5) is 46.1. The third-order valence-corrected chi connectivity index (χ3v) is 11.4. The minimum Gasteiger partial charge on any atom is -0.506 e. The molecule has 0 aliphatic carbocycles. The van der Waals surface area contributed by atoms with Crippen LogP contribution in [0, 0.1) is 5.92 Å². The van der Waals surface area contributed by atoms with Crippen molar-refractivity contribution in [3.05, 3.63) is 141 Å². The molecular weight excluding hydrogens is 723 g/mol. The van der Waals surface area contributed by atoms with Crippen LogP contribution in [0.2, 0.25) is 0 Å². The minimum absolute atomic E-state index is 0.00187. The number of hydrogen-bond acceptors (Lipinski definition) is 8. The van der Waals surface area contributed by atoms with Crippen LogP contribution in [0.25, 0.3) is 10.9 Å². The summed E-state index contributed by atoms with van der Waals surface area (Å²) in [7, 11) is 1.78. The predicted octanol–water partition coefficient (Wildman–Crippen LogP) is 5.69. The van der Waals surface area contributed by atoms with Crippen molar-refractivity contribution < 1.29 is 29.6 Å². The molecule has 298 valence electrons. The van der Waals surface area contributed by atoms with Crippen molar-refractivity contribution >= 4 is 22.9 Å². The Labute approximate surface area is 332 Å². The van der Waals surface area contributed by atoms with Crippen LogP contribution in [0.3, 0.4) is 0 Å². The van der Waals surface area contributed by atoms with E-state index >= 15 is 0 Å². The lowest BCUT2D eigenvalue weighted by Gasteiger charge is -2.50. The van der Waals surface area contributed by atoms with Crippen molar-refractivity contribution in [1.82, 2.24) is 25.0 Å². The largest absolute Gasteiger partial charge is 0.506 e. The summed E-state index contributed by atoms with van der Waals surface area (Å²) in [6.45, 7) is 4.55. The molecule has 2 unspecified atom stereocenters. The average molecular weight is 774 g/mol. The van der Waals surface area contributed by atoms with Gasteiger partial charge in [0.15, 0.2) is 0 Å². The average Bonchev–Trinajstić information content (AvgIpc) is 3.23. The third kappa shape index (κ3) is 9.48. The molecule has 0 spiro atoms. The molecule has 3 aliphatic heterocycles. The molecule has 2 bridgehead atoms. The molecule has 0 saturated carbocycles. The van der Waals surface area contributed by atoms with Crippen LogP contribution in [-0.2, 0) is 17.8 Å². The molecule has 3 aliphatic rings. The highest BCUT2D eigenvalue weighted by Crippen LogP contribution is 2.39. The van der Waals surface area contributed by atoms with Gasteiger partial charge in [0.25, 0.3) is 0 Å². The van der Waals surface area contributed by atoms with Gasteiger partial charge < -0.3 is 40.2 Å². The number of carboxylic acid groups (broad SMARTS) is 1. The van der Waals surface area contributed by atoms with Gasteiger partial charge in [-0.05, 0) is 96.9 Å². The number of nitrogens with zero attached hydrogens (tertiary/aromatic N) is 3. The molecule has 5 N–H and O–H groups in total. The number of aliphatic hydroxyl groups is 1. The second-order valence-corrected chi connectivity index (χ2v) is 15.2. The lowest BCUT2D eigenvalue weighted by Crippen LogP contribution is -2.59. The van der Waals surface area contributed by atoms with Gasteiger partial charge in [0.2, 0.25) is 11.5 Å². The number of H-pyrrole nitrogens is 1. The van der Waals surface area contributed by atoms with E-state index in [4.69, 9.17) is 4.74 Å². The third-order valence-electron chi connectivity index (χ3n) is 11.4. The number of pyridine rings is 1. The van der Waals surface area contributed by atoms with E-state index in [-0.39, 0.29) is 36.2 Å². The number of hydrogen-bond donors (Lipinski definition) is 5. The lowest BCUT2D eigenvalue weighted by atomic mass is 9.81. The van der Waals surface area contributed by atoms with Crippen molar-refractivity contribution in [3.63, 3.8) is 0 Å². The van der Waals surface area contributed by atoms with Crippen LogP contribution in [0.15, 0.2) is 108 Å². The van der Waals surface area contributed by atoms with Crippen LogP contribution in [0.5, 0.6) is 11.5 Å². The number of carbonyl (C=O) groups is 2. The van der Waals surface area contributed by atoms with Gasteiger partial charge in [0, 0.05) is 38.1 Å². The fourth-order valence-corrected chi connectivity index (χ4v) is 8.31. The van der Waals surface area contributed by atoms with E-state index in [1.807, 2.05) is 78.9 Å². The van der Waals surface area contributed by atoms with Crippen LogP contribution in [0.4, 0.5) is 4.79 Å². The summed E-state index contributed by atoms with van der Waals surface area (Å²) < 4.78 is 6.25. The Balaban J connectivity index is 0.895. The van der Waals surface area contributed by atoms with Crippen molar-refractivity contribution in [2.45, 2.75) is 50.5 Å². The number of rotatable bonds is 16. The summed E-state index contributed by atoms with van der Waals surface area (Å²) in [5.74, 6) is 0.953. The SMILES string of the molecule is CN(CCCNCC(O)c1ccc(O)c2[nH]c(=O)ccc12)C(=O)Cc1ccc(COc2cccc([C@H](c3ccccc3)N(C(=O)O)C3CN4CCC3CC4)c2)cc1. The number of fused-ring (bicyclic) bond motifs is 4. The quantitative estimate of drug-likeness (QED) is 0.0795. The molecule has 3 saturated heterocycles. The number of aromatic nitrogens is 1. The van der Waals surface area contributed by atoms with E-state index in [2.05, 4.69) is 15.2 Å². The molecule has 8 rings (SSSR count). The fourth-order valence-electron chi connectivity index (χ4n) is 8.31. The number of likely N-dealkylation sites (N-methyl/N-ethyl adjacent to an activating group) is 1. The van der Waals surface area contributed by atoms with E-state index in [1.54, 1.807) is 29.0 Å². The Morgan fingerprint density at radius 2 is 1.67 bits per heavy atom. The number of amides is 2. The number of ether oxygens (including phenoxy) is 1. The maximum absolute atomic E-state index is 13.0. The van der Waals surface area contributed by atoms with Crippen LogP contribution in [-0.4, -0.2) is 99.4 Å². The molecule has 4 aromatic carbocycles. The minimum atomic E-state index is -0.912. The summed E-state index contributed by atoms with van der Waals surface area (Å²) in [5, 5.41) is 35.4. The number of piperidine rings is 3. The van der Waals surface area contributed by atoms with Gasteiger partial charge in [-0.25, -0.2) is 4.79 Å². The highest BCUT2D eigenvalue weighted by molar-refractivity contribution is 5.87. The number of carbonyl (C=O) groups excluding carboxylic acids is 1. The van der Waals surface area contributed by atoms with Crippen LogP contribution >= 0.6 is 0 Å². The number of aromatic hydroxyl groups is 1. The maximum Gasteiger partial charge on any atom is 0.408 e. The molecule has 3 atom stereocenters. The van der Waals surface area contributed by atoms with Gasteiger partial charge in [-0.1, -0.05) is 72.8 Å². The second kappa shape index (κ2) is 18.1. The van der Waals surface area contributed by atoms with E-state index in [1.165, 1.54) is 12.1 Å². The van der Waals surface area contributed by atoms with Gasteiger partial charge >= 0.3 is 6.09 Å². The number of benzene rings is 4. The predicted molar refractivity (Wildman–Crippen MR) is 218 cm³/mol. The van der Waals surface area contributed by atoms with Crippen molar-refractivity contribution in [2.24, 2.45) is 5.92 Å². The first-order valence-electron chi connectivity index (χ1n) is 19.7. The van der Waals surface area contributed by atoms with E-state index in [0.717, 1.165) is 54.7 Å². The number of aliphatic hydroxyl groups excluding tert-OH is 1. The number of phenolic OH excluding ortho intramolecular Hbond substituents is 1. The molecule has 12 nitrogen and oxygen atoms in total. The normalized spacial score (nSPS) is 18.5. The van der Waals surface area contributed by atoms with Crippen molar-refractivity contribution in [3.8, 4) is 11.5 Å². The van der Waals surface area contributed by atoms with Gasteiger partial charge in [0.05, 0.1) is 30.1 Å².